The first-order chi connectivity index (χ1) is 20.8. The molecule has 0 radical (unpaired) electrons. The van der Waals surface area contributed by atoms with Crippen LogP contribution in [-0.2, 0) is 9.59 Å². The van der Waals surface area contributed by atoms with Gasteiger partial charge in [0.1, 0.15) is 10.6 Å². The van der Waals surface area contributed by atoms with Crippen molar-refractivity contribution in [2.75, 3.05) is 10.6 Å². The number of carbonyl (C=O) groups excluding carboxylic acids is 4. The molecule has 5 aromatic rings. The number of halogens is 1. The second kappa shape index (κ2) is 13.1. The van der Waals surface area contributed by atoms with Crippen LogP contribution in [0.3, 0.4) is 0 Å². The molecule has 0 atom stereocenters. The summed E-state index contributed by atoms with van der Waals surface area (Å²) in [6.45, 7) is 1.90. The fraction of sp³-hybridized carbons (Fsp3) is 0.0312. The van der Waals surface area contributed by atoms with Gasteiger partial charge in [-0.25, -0.2) is 10.2 Å². The summed E-state index contributed by atoms with van der Waals surface area (Å²) >= 11 is 7.61. The molecule has 3 N–H and O–H groups in total. The van der Waals surface area contributed by atoms with Crippen LogP contribution >= 0.6 is 22.9 Å². The van der Waals surface area contributed by atoms with Crippen molar-refractivity contribution in [1.29, 1.82) is 0 Å². The molecule has 0 saturated heterocycles. The van der Waals surface area contributed by atoms with Crippen LogP contribution in [0.5, 0.6) is 5.75 Å². The van der Waals surface area contributed by atoms with Crippen molar-refractivity contribution in [1.82, 2.24) is 5.43 Å². The van der Waals surface area contributed by atoms with E-state index in [-0.39, 0.29) is 11.3 Å². The van der Waals surface area contributed by atoms with Crippen molar-refractivity contribution in [3.63, 3.8) is 0 Å². The minimum Gasteiger partial charge on any atom is -0.422 e. The van der Waals surface area contributed by atoms with Crippen molar-refractivity contribution >= 4 is 74.3 Å². The molecule has 3 amide bonds. The topological polar surface area (TPSA) is 126 Å². The molecule has 5 rings (SSSR count). The number of carbonyl (C=O) groups is 4. The summed E-state index contributed by atoms with van der Waals surface area (Å²) < 4.78 is 6.34. The van der Waals surface area contributed by atoms with Gasteiger partial charge < -0.3 is 15.4 Å². The van der Waals surface area contributed by atoms with Crippen LogP contribution in [0.2, 0.25) is 5.02 Å². The minimum absolute atomic E-state index is 0.166. The van der Waals surface area contributed by atoms with E-state index in [0.29, 0.717) is 26.9 Å². The molecule has 11 heteroatoms. The van der Waals surface area contributed by atoms with Crippen molar-refractivity contribution in [2.45, 2.75) is 6.92 Å². The van der Waals surface area contributed by atoms with Gasteiger partial charge in [-0.2, -0.15) is 5.10 Å². The quantitative estimate of drug-likeness (QED) is 0.0644. The zero-order valence-corrected chi connectivity index (χ0v) is 24.2. The van der Waals surface area contributed by atoms with Crippen molar-refractivity contribution in [3.05, 3.63) is 124 Å². The summed E-state index contributed by atoms with van der Waals surface area (Å²) in [5, 5.41) is 10.2. The first-order valence-electron chi connectivity index (χ1n) is 12.9. The first kappa shape index (κ1) is 29.2. The van der Waals surface area contributed by atoms with Crippen LogP contribution in [0.15, 0.2) is 102 Å². The summed E-state index contributed by atoms with van der Waals surface area (Å²) in [4.78, 5) is 50.6. The van der Waals surface area contributed by atoms with Crippen LogP contribution in [0, 0.1) is 6.92 Å². The van der Waals surface area contributed by atoms with E-state index in [1.165, 1.54) is 29.7 Å². The number of anilines is 2. The molecule has 0 unspecified atom stereocenters. The van der Waals surface area contributed by atoms with Crippen LogP contribution in [0.1, 0.15) is 31.2 Å². The summed E-state index contributed by atoms with van der Waals surface area (Å²) in [7, 11) is 0. The van der Waals surface area contributed by atoms with Gasteiger partial charge >= 0.3 is 17.8 Å². The van der Waals surface area contributed by atoms with Crippen LogP contribution in [0.25, 0.3) is 10.1 Å². The van der Waals surface area contributed by atoms with Crippen LogP contribution in [0.4, 0.5) is 11.4 Å². The summed E-state index contributed by atoms with van der Waals surface area (Å²) in [5.41, 5.74) is 4.65. The number of hydrogen-bond acceptors (Lipinski definition) is 7. The number of nitrogens with one attached hydrogen (secondary N) is 3. The normalized spacial score (nSPS) is 10.8. The third-order valence-electron chi connectivity index (χ3n) is 6.09. The van der Waals surface area contributed by atoms with E-state index in [4.69, 9.17) is 16.3 Å². The number of thiophene rings is 1. The predicted octanol–water partition coefficient (Wildman–Crippen LogP) is 6.42. The highest BCUT2D eigenvalue weighted by Crippen LogP contribution is 2.35. The molecule has 0 spiro atoms. The zero-order valence-electron chi connectivity index (χ0n) is 22.6. The summed E-state index contributed by atoms with van der Waals surface area (Å²) in [6.07, 6.45) is 1.32. The predicted molar refractivity (Wildman–Crippen MR) is 168 cm³/mol. The lowest BCUT2D eigenvalue weighted by Crippen LogP contribution is -2.33. The van der Waals surface area contributed by atoms with E-state index < -0.39 is 23.7 Å². The van der Waals surface area contributed by atoms with Crippen molar-refractivity contribution < 1.29 is 23.9 Å². The molecular weight excluding hydrogens is 588 g/mol. The maximum atomic E-state index is 12.8. The molecule has 214 valence electrons. The Hall–Kier alpha value is -5.32. The third-order valence-corrected chi connectivity index (χ3v) is 7.75. The fourth-order valence-corrected chi connectivity index (χ4v) is 5.41. The van der Waals surface area contributed by atoms with Crippen LogP contribution in [-0.4, -0.2) is 29.9 Å². The second-order valence-corrected chi connectivity index (χ2v) is 10.7. The van der Waals surface area contributed by atoms with Gasteiger partial charge in [-0.3, -0.25) is 14.4 Å². The number of hydrogen-bond donors (Lipinski definition) is 3. The Kier molecular flexibility index (Phi) is 8.90. The molecular formula is C32H23ClN4O5S. The number of nitrogens with zero attached hydrogens (tertiary/aromatic N) is 1. The van der Waals surface area contributed by atoms with Crippen molar-refractivity contribution in [3.8, 4) is 5.75 Å². The Bertz CT molecular complexity index is 1880. The van der Waals surface area contributed by atoms with Gasteiger partial charge in [0.2, 0.25) is 0 Å². The average Bonchev–Trinajstić information content (AvgIpc) is 3.34. The Morgan fingerprint density at radius 3 is 2.35 bits per heavy atom. The maximum Gasteiger partial charge on any atom is 0.355 e. The molecule has 0 aliphatic heterocycles. The molecule has 0 aliphatic rings. The first-order valence-corrected chi connectivity index (χ1v) is 14.1. The van der Waals surface area contributed by atoms with E-state index in [1.807, 2.05) is 49.4 Å². The van der Waals surface area contributed by atoms with Gasteiger partial charge in [0.25, 0.3) is 5.91 Å². The lowest BCUT2D eigenvalue weighted by molar-refractivity contribution is -0.136. The maximum absolute atomic E-state index is 12.8. The summed E-state index contributed by atoms with van der Waals surface area (Å²) in [6, 6.07) is 27.4. The molecule has 43 heavy (non-hydrogen) atoms. The van der Waals surface area contributed by atoms with Crippen molar-refractivity contribution in [2.24, 2.45) is 5.10 Å². The highest BCUT2D eigenvalue weighted by molar-refractivity contribution is 7.21. The number of ether oxygens (including phenoxy) is 1. The number of hydrazone groups is 1. The standard InChI is InChI=1S/C32H23ClN4O5S/c1-19-7-6-8-21(17-19)35-29(38)23-9-2-4-11-25(23)36-30(39)31(40)37-34-18-20-13-15-22(16-14-20)42-32(41)28-27(33)24-10-3-5-12-26(24)43-28/h2-18H,1H3,(H,35,38)(H,36,39)(H,37,40)/b34-18+. The van der Waals surface area contributed by atoms with E-state index >= 15 is 0 Å². The minimum atomic E-state index is -1.03. The van der Waals surface area contributed by atoms with E-state index in [1.54, 1.807) is 42.5 Å². The number of benzene rings is 4. The van der Waals surface area contributed by atoms with Gasteiger partial charge in [-0.15, -0.1) is 11.3 Å². The van der Waals surface area contributed by atoms with Gasteiger partial charge in [-0.1, -0.05) is 54.1 Å². The molecule has 4 aromatic carbocycles. The Labute approximate surface area is 255 Å². The Balaban J connectivity index is 1.15. The third kappa shape index (κ3) is 7.13. The van der Waals surface area contributed by atoms with Crippen LogP contribution < -0.4 is 20.8 Å². The van der Waals surface area contributed by atoms with Gasteiger partial charge in [0.15, 0.2) is 0 Å². The number of rotatable bonds is 7. The van der Waals surface area contributed by atoms with Gasteiger partial charge in [-0.05, 0) is 72.6 Å². The lowest BCUT2D eigenvalue weighted by Gasteiger charge is -2.11. The molecule has 1 aromatic heterocycles. The van der Waals surface area contributed by atoms with Gasteiger partial charge in [0.05, 0.1) is 22.5 Å². The smallest absolute Gasteiger partial charge is 0.355 e. The number of fused-ring (bicyclic) bond motifs is 1. The highest BCUT2D eigenvalue weighted by Gasteiger charge is 2.20. The van der Waals surface area contributed by atoms with E-state index in [2.05, 4.69) is 21.2 Å². The number of para-hydroxylation sites is 1. The Morgan fingerprint density at radius 2 is 1.58 bits per heavy atom. The van der Waals surface area contributed by atoms with E-state index in [9.17, 15) is 19.2 Å². The molecule has 1 heterocycles. The molecule has 0 fully saturated rings. The molecule has 0 aliphatic carbocycles. The Morgan fingerprint density at radius 1 is 0.837 bits per heavy atom. The molecule has 9 nitrogen and oxygen atoms in total. The molecule has 0 bridgehead atoms. The fourth-order valence-electron chi connectivity index (χ4n) is 4.03. The number of aryl methyl sites for hydroxylation is 1. The average molecular weight is 611 g/mol. The highest BCUT2D eigenvalue weighted by atomic mass is 35.5. The number of esters is 1. The largest absolute Gasteiger partial charge is 0.422 e. The SMILES string of the molecule is Cc1cccc(NC(=O)c2ccccc2NC(=O)C(=O)N/N=C/c2ccc(OC(=O)c3sc4ccccc4c3Cl)cc2)c1. The monoisotopic (exact) mass is 610 g/mol. The second-order valence-electron chi connectivity index (χ2n) is 9.22. The summed E-state index contributed by atoms with van der Waals surface area (Å²) in [5.74, 6) is -2.75. The van der Waals surface area contributed by atoms with E-state index in [0.717, 1.165) is 15.6 Å². The lowest BCUT2D eigenvalue weighted by atomic mass is 10.1. The van der Waals surface area contributed by atoms with Gasteiger partial charge in [0, 0.05) is 15.8 Å². The number of amides is 3. The molecule has 0 saturated carbocycles. The zero-order chi connectivity index (χ0) is 30.3.